The van der Waals surface area contributed by atoms with Crippen molar-refractivity contribution in [1.82, 2.24) is 0 Å². The van der Waals surface area contributed by atoms with Gasteiger partial charge < -0.3 is 10.4 Å². The molecule has 1 aromatic carbocycles. The SMILES string of the molecule is N#Cc1cc(F)c(NC2CCC(O)CC2)c(F)c1. The molecule has 0 aromatic heterocycles. The number of rotatable bonds is 2. The fourth-order valence-corrected chi connectivity index (χ4v) is 2.20. The van der Waals surface area contributed by atoms with E-state index in [0.717, 1.165) is 12.1 Å². The average molecular weight is 252 g/mol. The van der Waals surface area contributed by atoms with E-state index < -0.39 is 11.6 Å². The Morgan fingerprint density at radius 3 is 2.22 bits per heavy atom. The van der Waals surface area contributed by atoms with Crippen molar-refractivity contribution >= 4 is 5.69 Å². The van der Waals surface area contributed by atoms with E-state index in [9.17, 15) is 13.9 Å². The number of aliphatic hydroxyl groups is 1. The summed E-state index contributed by atoms with van der Waals surface area (Å²) in [6.45, 7) is 0. The second kappa shape index (κ2) is 5.32. The van der Waals surface area contributed by atoms with Crippen molar-refractivity contribution in [3.63, 3.8) is 0 Å². The van der Waals surface area contributed by atoms with Crippen molar-refractivity contribution in [3.05, 3.63) is 29.3 Å². The highest BCUT2D eigenvalue weighted by molar-refractivity contribution is 5.51. The molecule has 1 saturated carbocycles. The molecule has 0 radical (unpaired) electrons. The number of nitriles is 1. The van der Waals surface area contributed by atoms with Crippen molar-refractivity contribution in [1.29, 1.82) is 5.26 Å². The summed E-state index contributed by atoms with van der Waals surface area (Å²) in [4.78, 5) is 0. The van der Waals surface area contributed by atoms with Crippen LogP contribution < -0.4 is 5.32 Å². The lowest BCUT2D eigenvalue weighted by atomic mass is 9.93. The molecule has 0 amide bonds. The quantitative estimate of drug-likeness (QED) is 0.850. The van der Waals surface area contributed by atoms with Gasteiger partial charge in [0.25, 0.3) is 0 Å². The van der Waals surface area contributed by atoms with Crippen LogP contribution in [0.4, 0.5) is 14.5 Å². The lowest BCUT2D eigenvalue weighted by Gasteiger charge is -2.27. The van der Waals surface area contributed by atoms with Gasteiger partial charge >= 0.3 is 0 Å². The lowest BCUT2D eigenvalue weighted by molar-refractivity contribution is 0.126. The monoisotopic (exact) mass is 252 g/mol. The van der Waals surface area contributed by atoms with Gasteiger partial charge in [-0.15, -0.1) is 0 Å². The number of nitrogens with one attached hydrogen (secondary N) is 1. The molecule has 0 heterocycles. The van der Waals surface area contributed by atoms with E-state index in [1.807, 2.05) is 0 Å². The Hall–Kier alpha value is -1.67. The van der Waals surface area contributed by atoms with Crippen LogP contribution in [0.2, 0.25) is 0 Å². The Labute approximate surface area is 104 Å². The molecule has 3 nitrogen and oxygen atoms in total. The number of hydrogen-bond acceptors (Lipinski definition) is 3. The summed E-state index contributed by atoms with van der Waals surface area (Å²) in [7, 11) is 0. The van der Waals surface area contributed by atoms with Gasteiger partial charge in [-0.25, -0.2) is 8.78 Å². The van der Waals surface area contributed by atoms with Gasteiger partial charge in [0.15, 0.2) is 11.6 Å². The Kier molecular flexibility index (Phi) is 3.78. The van der Waals surface area contributed by atoms with Crippen molar-refractivity contribution < 1.29 is 13.9 Å². The van der Waals surface area contributed by atoms with Crippen molar-refractivity contribution in [3.8, 4) is 6.07 Å². The Morgan fingerprint density at radius 1 is 1.17 bits per heavy atom. The molecule has 5 heteroatoms. The molecule has 1 aromatic rings. The van der Waals surface area contributed by atoms with Crippen LogP contribution in [0.5, 0.6) is 0 Å². The van der Waals surface area contributed by atoms with E-state index in [2.05, 4.69) is 5.32 Å². The molecule has 0 saturated heterocycles. The first-order valence-corrected chi connectivity index (χ1v) is 5.94. The van der Waals surface area contributed by atoms with Crippen molar-refractivity contribution in [2.75, 3.05) is 5.32 Å². The molecule has 0 bridgehead atoms. The Balaban J connectivity index is 2.12. The smallest absolute Gasteiger partial charge is 0.150 e. The molecular formula is C13H14F2N2O. The maximum Gasteiger partial charge on any atom is 0.150 e. The van der Waals surface area contributed by atoms with Crippen LogP contribution in [0, 0.1) is 23.0 Å². The highest BCUT2D eigenvalue weighted by atomic mass is 19.1. The standard InChI is InChI=1S/C13H14F2N2O/c14-11-5-8(7-16)6-12(15)13(11)17-9-1-3-10(18)4-2-9/h5-6,9-10,17-18H,1-4H2. The maximum atomic E-state index is 13.6. The van der Waals surface area contributed by atoms with Gasteiger partial charge in [0.1, 0.15) is 5.69 Å². The lowest BCUT2D eigenvalue weighted by Crippen LogP contribution is -2.29. The van der Waals surface area contributed by atoms with Crippen LogP contribution in [0.15, 0.2) is 12.1 Å². The predicted molar refractivity (Wildman–Crippen MR) is 63.0 cm³/mol. The van der Waals surface area contributed by atoms with Gasteiger partial charge in [-0.1, -0.05) is 0 Å². The average Bonchev–Trinajstić information content (AvgIpc) is 2.35. The van der Waals surface area contributed by atoms with E-state index in [0.29, 0.717) is 25.7 Å². The molecule has 96 valence electrons. The Morgan fingerprint density at radius 2 is 1.72 bits per heavy atom. The Bertz CT molecular complexity index is 453. The maximum absolute atomic E-state index is 13.6. The van der Waals surface area contributed by atoms with Crippen molar-refractivity contribution in [2.45, 2.75) is 37.8 Å². The summed E-state index contributed by atoms with van der Waals surface area (Å²) in [5.41, 5.74) is -0.218. The van der Waals surface area contributed by atoms with Gasteiger partial charge in [-0.2, -0.15) is 5.26 Å². The minimum absolute atomic E-state index is 0.0328. The molecule has 1 fully saturated rings. The summed E-state index contributed by atoms with van der Waals surface area (Å²) in [6, 6.07) is 3.70. The third-order valence-electron chi connectivity index (χ3n) is 3.22. The molecular weight excluding hydrogens is 238 g/mol. The zero-order valence-electron chi connectivity index (χ0n) is 9.79. The normalized spacial score (nSPS) is 23.4. The van der Waals surface area contributed by atoms with E-state index in [4.69, 9.17) is 5.26 Å². The van der Waals surface area contributed by atoms with E-state index in [1.165, 1.54) is 0 Å². The minimum Gasteiger partial charge on any atom is -0.393 e. The number of halogens is 2. The van der Waals surface area contributed by atoms with Gasteiger partial charge in [0.2, 0.25) is 0 Å². The largest absolute Gasteiger partial charge is 0.393 e. The fourth-order valence-electron chi connectivity index (χ4n) is 2.20. The molecule has 0 atom stereocenters. The fraction of sp³-hybridized carbons (Fsp3) is 0.462. The number of nitrogens with zero attached hydrogens (tertiary/aromatic N) is 1. The van der Waals surface area contributed by atoms with Crippen LogP contribution >= 0.6 is 0 Å². The first kappa shape index (κ1) is 12.8. The summed E-state index contributed by atoms with van der Waals surface area (Å²) in [6.07, 6.45) is 2.33. The zero-order chi connectivity index (χ0) is 13.1. The van der Waals surface area contributed by atoms with Gasteiger partial charge in [-0.05, 0) is 37.8 Å². The van der Waals surface area contributed by atoms with Gasteiger partial charge in [0.05, 0.1) is 17.7 Å². The van der Waals surface area contributed by atoms with Crippen LogP contribution in [-0.4, -0.2) is 17.3 Å². The molecule has 0 aliphatic heterocycles. The third-order valence-corrected chi connectivity index (χ3v) is 3.22. The summed E-state index contributed by atoms with van der Waals surface area (Å²) in [5, 5.41) is 20.8. The zero-order valence-corrected chi connectivity index (χ0v) is 9.79. The second-order valence-corrected chi connectivity index (χ2v) is 4.58. The number of hydrogen-bond donors (Lipinski definition) is 2. The van der Waals surface area contributed by atoms with Crippen LogP contribution in [0.3, 0.4) is 0 Å². The third kappa shape index (κ3) is 2.77. The highest BCUT2D eigenvalue weighted by Gasteiger charge is 2.21. The molecule has 0 unspecified atom stereocenters. The van der Waals surface area contributed by atoms with E-state index in [-0.39, 0.29) is 23.4 Å². The van der Waals surface area contributed by atoms with E-state index in [1.54, 1.807) is 6.07 Å². The predicted octanol–water partition coefficient (Wildman–Crippen LogP) is 2.55. The van der Waals surface area contributed by atoms with Gasteiger partial charge in [-0.3, -0.25) is 0 Å². The number of anilines is 1. The van der Waals surface area contributed by atoms with Gasteiger partial charge in [0, 0.05) is 6.04 Å². The topological polar surface area (TPSA) is 56.0 Å². The van der Waals surface area contributed by atoms with Crippen molar-refractivity contribution in [2.24, 2.45) is 0 Å². The molecule has 1 aliphatic rings. The summed E-state index contributed by atoms with van der Waals surface area (Å²) in [5.74, 6) is -1.50. The first-order valence-electron chi connectivity index (χ1n) is 5.94. The number of aliphatic hydroxyl groups excluding tert-OH is 1. The van der Waals surface area contributed by atoms with Crippen LogP contribution in [0.1, 0.15) is 31.2 Å². The first-order chi connectivity index (χ1) is 8.60. The summed E-state index contributed by atoms with van der Waals surface area (Å²) < 4.78 is 27.3. The highest BCUT2D eigenvalue weighted by Crippen LogP contribution is 2.26. The van der Waals surface area contributed by atoms with Crippen LogP contribution in [0.25, 0.3) is 0 Å². The molecule has 2 rings (SSSR count). The van der Waals surface area contributed by atoms with Crippen LogP contribution in [-0.2, 0) is 0 Å². The molecule has 18 heavy (non-hydrogen) atoms. The van der Waals surface area contributed by atoms with E-state index >= 15 is 0 Å². The molecule has 1 aliphatic carbocycles. The number of benzene rings is 1. The molecule has 2 N–H and O–H groups in total. The second-order valence-electron chi connectivity index (χ2n) is 4.58. The summed E-state index contributed by atoms with van der Waals surface area (Å²) >= 11 is 0. The molecule has 0 spiro atoms. The minimum atomic E-state index is -0.752.